The van der Waals surface area contributed by atoms with E-state index in [-0.39, 0.29) is 5.54 Å². The van der Waals surface area contributed by atoms with Crippen LogP contribution in [0.15, 0.2) is 12.4 Å². The molecule has 2 aliphatic rings. The van der Waals surface area contributed by atoms with Gasteiger partial charge in [-0.25, -0.2) is 0 Å². The van der Waals surface area contributed by atoms with E-state index in [2.05, 4.69) is 42.3 Å². The molecule has 2 heterocycles. The first-order valence-corrected chi connectivity index (χ1v) is 7.37. The van der Waals surface area contributed by atoms with Crippen LogP contribution in [0.4, 0.5) is 0 Å². The van der Waals surface area contributed by atoms with E-state index in [0.717, 1.165) is 25.6 Å². The summed E-state index contributed by atoms with van der Waals surface area (Å²) < 4.78 is 1.90. The van der Waals surface area contributed by atoms with Crippen LogP contribution >= 0.6 is 0 Å². The van der Waals surface area contributed by atoms with Crippen LogP contribution in [0, 0.1) is 5.92 Å². The minimum Gasteiger partial charge on any atom is -0.309 e. The predicted molar refractivity (Wildman–Crippen MR) is 76.8 cm³/mol. The lowest BCUT2D eigenvalue weighted by Gasteiger charge is -2.51. The van der Waals surface area contributed by atoms with E-state index >= 15 is 0 Å². The molecule has 0 amide bonds. The molecule has 1 aliphatic carbocycles. The molecule has 106 valence electrons. The average Bonchev–Trinajstić information content (AvgIpc) is 3.10. The van der Waals surface area contributed by atoms with Crippen LogP contribution in [0.5, 0.6) is 0 Å². The lowest BCUT2D eigenvalue weighted by molar-refractivity contribution is 0.00519. The smallest absolute Gasteiger partial charge is 0.0534 e. The molecule has 1 unspecified atom stereocenters. The molecule has 0 radical (unpaired) electrons. The first-order chi connectivity index (χ1) is 8.89. The van der Waals surface area contributed by atoms with Gasteiger partial charge in [-0.15, -0.1) is 0 Å². The minimum absolute atomic E-state index is 0.205. The summed E-state index contributed by atoms with van der Waals surface area (Å²) in [7, 11) is 1.99. The molecule has 4 nitrogen and oxygen atoms in total. The summed E-state index contributed by atoms with van der Waals surface area (Å²) >= 11 is 0. The van der Waals surface area contributed by atoms with Crippen molar-refractivity contribution in [2.45, 2.75) is 51.2 Å². The summed E-state index contributed by atoms with van der Waals surface area (Å²) in [6, 6.07) is 0. The van der Waals surface area contributed by atoms with Crippen molar-refractivity contribution in [2.75, 3.05) is 13.1 Å². The Morgan fingerprint density at radius 1 is 1.37 bits per heavy atom. The molecule has 1 aromatic heterocycles. The molecule has 1 aromatic rings. The highest BCUT2D eigenvalue weighted by atomic mass is 15.3. The molecule has 0 bridgehead atoms. The first-order valence-electron chi connectivity index (χ1n) is 7.37. The lowest BCUT2D eigenvalue weighted by atomic mass is 9.86. The first kappa shape index (κ1) is 13.1. The van der Waals surface area contributed by atoms with E-state index in [9.17, 15) is 0 Å². The van der Waals surface area contributed by atoms with Crippen LogP contribution < -0.4 is 5.32 Å². The Labute approximate surface area is 116 Å². The predicted octanol–water partition coefficient (Wildman–Crippen LogP) is 1.77. The molecule has 1 saturated carbocycles. The van der Waals surface area contributed by atoms with Crippen LogP contribution in [0.2, 0.25) is 0 Å². The van der Waals surface area contributed by atoms with Crippen LogP contribution in [-0.2, 0) is 13.6 Å². The molecule has 1 N–H and O–H groups in total. The number of nitrogens with zero attached hydrogens (tertiary/aromatic N) is 3. The van der Waals surface area contributed by atoms with Crippen molar-refractivity contribution in [1.29, 1.82) is 0 Å². The number of piperazine rings is 1. The second kappa shape index (κ2) is 4.32. The van der Waals surface area contributed by atoms with Crippen molar-refractivity contribution in [2.24, 2.45) is 13.0 Å². The lowest BCUT2D eigenvalue weighted by Crippen LogP contribution is -2.67. The Hall–Kier alpha value is -0.870. The van der Waals surface area contributed by atoms with Gasteiger partial charge in [-0.05, 0) is 39.5 Å². The minimum atomic E-state index is 0.205. The van der Waals surface area contributed by atoms with Crippen LogP contribution in [0.1, 0.15) is 39.2 Å². The van der Waals surface area contributed by atoms with E-state index in [1.54, 1.807) is 0 Å². The summed E-state index contributed by atoms with van der Waals surface area (Å²) in [5.41, 5.74) is 1.84. The molecular formula is C15H26N4. The highest BCUT2D eigenvalue weighted by molar-refractivity contribution is 5.11. The summed E-state index contributed by atoms with van der Waals surface area (Å²) in [5, 5.41) is 8.03. The van der Waals surface area contributed by atoms with E-state index in [0.29, 0.717) is 5.54 Å². The fraction of sp³-hybridized carbons (Fsp3) is 0.800. The zero-order chi connectivity index (χ0) is 13.7. The number of aryl methyl sites for hydroxylation is 1. The molecule has 3 rings (SSSR count). The zero-order valence-electron chi connectivity index (χ0n) is 12.6. The monoisotopic (exact) mass is 262 g/mol. The molecule has 4 heteroatoms. The van der Waals surface area contributed by atoms with Gasteiger partial charge in [0.05, 0.1) is 6.20 Å². The molecule has 1 atom stereocenters. The van der Waals surface area contributed by atoms with E-state index < -0.39 is 0 Å². The van der Waals surface area contributed by atoms with Crippen molar-refractivity contribution < 1.29 is 0 Å². The molecule has 2 fully saturated rings. The second-order valence-corrected chi connectivity index (χ2v) is 7.25. The van der Waals surface area contributed by atoms with Crippen LogP contribution in [-0.4, -0.2) is 38.8 Å². The van der Waals surface area contributed by atoms with Gasteiger partial charge >= 0.3 is 0 Å². The van der Waals surface area contributed by atoms with Gasteiger partial charge in [-0.2, -0.15) is 5.10 Å². The van der Waals surface area contributed by atoms with Crippen molar-refractivity contribution in [3.8, 4) is 0 Å². The number of nitrogens with one attached hydrogen (secondary N) is 1. The molecule has 1 aliphatic heterocycles. The summed E-state index contributed by atoms with van der Waals surface area (Å²) in [5.74, 6) is 0.868. The Morgan fingerprint density at radius 3 is 2.68 bits per heavy atom. The maximum atomic E-state index is 4.30. The van der Waals surface area contributed by atoms with Crippen molar-refractivity contribution in [3.63, 3.8) is 0 Å². The third kappa shape index (κ3) is 2.56. The summed E-state index contributed by atoms with van der Waals surface area (Å²) in [6.45, 7) is 10.3. The Balaban J connectivity index is 1.80. The van der Waals surface area contributed by atoms with Crippen molar-refractivity contribution >= 4 is 0 Å². The van der Waals surface area contributed by atoms with E-state index in [1.165, 1.54) is 18.4 Å². The second-order valence-electron chi connectivity index (χ2n) is 7.25. The number of hydrogen-bond donors (Lipinski definition) is 1. The van der Waals surface area contributed by atoms with Gasteiger partial charge in [0, 0.05) is 49.5 Å². The van der Waals surface area contributed by atoms with E-state index in [4.69, 9.17) is 0 Å². The summed E-state index contributed by atoms with van der Waals surface area (Å²) in [6.07, 6.45) is 6.93. The number of rotatable bonds is 3. The van der Waals surface area contributed by atoms with E-state index in [1.807, 2.05) is 17.9 Å². The zero-order valence-corrected chi connectivity index (χ0v) is 12.6. The van der Waals surface area contributed by atoms with Gasteiger partial charge in [-0.3, -0.25) is 9.58 Å². The quantitative estimate of drug-likeness (QED) is 0.901. The Kier molecular flexibility index (Phi) is 2.98. The Bertz CT molecular complexity index is 460. The van der Waals surface area contributed by atoms with Gasteiger partial charge in [0.1, 0.15) is 0 Å². The molecular weight excluding hydrogens is 236 g/mol. The highest BCUT2D eigenvalue weighted by Crippen LogP contribution is 2.45. The van der Waals surface area contributed by atoms with Crippen LogP contribution in [0.25, 0.3) is 0 Å². The normalized spacial score (nSPS) is 31.6. The van der Waals surface area contributed by atoms with Gasteiger partial charge in [0.2, 0.25) is 0 Å². The molecule has 0 spiro atoms. The van der Waals surface area contributed by atoms with Gasteiger partial charge in [0.25, 0.3) is 0 Å². The van der Waals surface area contributed by atoms with Gasteiger partial charge < -0.3 is 5.32 Å². The standard InChI is InChI=1S/C15H26N4/c1-14(2)11-19(9-12-7-17-18(4)8-12)15(3,10-16-14)13-5-6-13/h7-8,13,16H,5-6,9-11H2,1-4H3. The molecule has 1 saturated heterocycles. The number of hydrogen-bond acceptors (Lipinski definition) is 3. The highest BCUT2D eigenvalue weighted by Gasteiger charge is 2.49. The third-order valence-electron chi connectivity index (χ3n) is 4.82. The van der Waals surface area contributed by atoms with Crippen molar-refractivity contribution in [1.82, 2.24) is 20.0 Å². The Morgan fingerprint density at radius 2 is 2.11 bits per heavy atom. The molecule has 19 heavy (non-hydrogen) atoms. The topological polar surface area (TPSA) is 33.1 Å². The fourth-order valence-corrected chi connectivity index (χ4v) is 3.36. The molecule has 0 aromatic carbocycles. The van der Waals surface area contributed by atoms with Crippen molar-refractivity contribution in [3.05, 3.63) is 18.0 Å². The van der Waals surface area contributed by atoms with Crippen LogP contribution in [0.3, 0.4) is 0 Å². The SMILES string of the molecule is Cn1cc(CN2CC(C)(C)NCC2(C)C2CC2)cn1. The third-order valence-corrected chi connectivity index (χ3v) is 4.82. The van der Waals surface area contributed by atoms with Gasteiger partial charge in [0.15, 0.2) is 0 Å². The fourth-order valence-electron chi connectivity index (χ4n) is 3.36. The van der Waals surface area contributed by atoms with Gasteiger partial charge in [-0.1, -0.05) is 0 Å². The summed E-state index contributed by atoms with van der Waals surface area (Å²) in [4.78, 5) is 2.68. The largest absolute Gasteiger partial charge is 0.309 e. The number of aromatic nitrogens is 2. The maximum absolute atomic E-state index is 4.30. The average molecular weight is 262 g/mol. The maximum Gasteiger partial charge on any atom is 0.0534 e.